The fraction of sp³-hybridized carbons (Fsp3) is 0.0455. The number of anilines is 1. The number of carbonyl (C=O) groups is 1. The van der Waals surface area contributed by atoms with Crippen molar-refractivity contribution in [3.8, 4) is 16.9 Å². The van der Waals surface area contributed by atoms with Crippen molar-refractivity contribution in [3.63, 3.8) is 0 Å². The van der Waals surface area contributed by atoms with Crippen LogP contribution in [-0.2, 0) is 6.61 Å². The number of imidazole rings is 1. The lowest BCUT2D eigenvalue weighted by molar-refractivity contribution is 0.102. The zero-order chi connectivity index (χ0) is 19.3. The molecule has 2 aromatic heterocycles. The van der Waals surface area contributed by atoms with Crippen molar-refractivity contribution in [2.75, 3.05) is 5.32 Å². The third kappa shape index (κ3) is 3.67. The van der Waals surface area contributed by atoms with Gasteiger partial charge in [-0.3, -0.25) is 19.7 Å². The molecule has 6 heteroatoms. The van der Waals surface area contributed by atoms with E-state index in [1.165, 1.54) is 6.20 Å². The van der Waals surface area contributed by atoms with E-state index in [1.54, 1.807) is 12.1 Å². The molecule has 138 valence electrons. The molecule has 4 rings (SSSR count). The second-order valence-corrected chi connectivity index (χ2v) is 6.19. The molecule has 2 heterocycles. The molecule has 4 aromatic rings. The highest BCUT2D eigenvalue weighted by atomic mass is 16.3. The SMILES string of the molecule is O=C(Nc1nc(-c2ccccc2)cn1-c1ccccc1)c1ccc(CO)cn1. The van der Waals surface area contributed by atoms with Gasteiger partial charge in [-0.2, -0.15) is 0 Å². The summed E-state index contributed by atoms with van der Waals surface area (Å²) in [7, 11) is 0. The van der Waals surface area contributed by atoms with Gasteiger partial charge in [0.1, 0.15) is 5.69 Å². The number of aliphatic hydroxyl groups excluding tert-OH is 1. The van der Waals surface area contributed by atoms with Crippen LogP contribution in [0.25, 0.3) is 16.9 Å². The van der Waals surface area contributed by atoms with Gasteiger partial charge in [0, 0.05) is 23.6 Å². The van der Waals surface area contributed by atoms with Crippen LogP contribution in [-0.4, -0.2) is 25.5 Å². The Kier molecular flexibility index (Phi) is 4.95. The molecular formula is C22H18N4O2. The Bertz CT molecular complexity index is 1070. The molecule has 0 saturated carbocycles. The number of nitrogens with zero attached hydrogens (tertiary/aromatic N) is 3. The van der Waals surface area contributed by atoms with E-state index < -0.39 is 0 Å². The molecule has 0 spiro atoms. The van der Waals surface area contributed by atoms with E-state index in [4.69, 9.17) is 5.11 Å². The molecule has 0 atom stereocenters. The lowest BCUT2D eigenvalue weighted by Gasteiger charge is -2.08. The third-order valence-corrected chi connectivity index (χ3v) is 4.28. The van der Waals surface area contributed by atoms with Crippen LogP contribution in [0.3, 0.4) is 0 Å². The van der Waals surface area contributed by atoms with Crippen molar-refractivity contribution in [3.05, 3.63) is 96.4 Å². The monoisotopic (exact) mass is 370 g/mol. The van der Waals surface area contributed by atoms with E-state index >= 15 is 0 Å². The van der Waals surface area contributed by atoms with Crippen LogP contribution in [0.1, 0.15) is 16.1 Å². The quantitative estimate of drug-likeness (QED) is 0.562. The summed E-state index contributed by atoms with van der Waals surface area (Å²) in [5.74, 6) is 0.0370. The van der Waals surface area contributed by atoms with Gasteiger partial charge in [-0.05, 0) is 23.8 Å². The number of pyridine rings is 1. The average Bonchev–Trinajstić information content (AvgIpc) is 3.19. The van der Waals surface area contributed by atoms with Crippen LogP contribution in [0.2, 0.25) is 0 Å². The van der Waals surface area contributed by atoms with Crippen molar-refractivity contribution in [1.29, 1.82) is 0 Å². The van der Waals surface area contributed by atoms with E-state index in [-0.39, 0.29) is 18.2 Å². The lowest BCUT2D eigenvalue weighted by atomic mass is 10.2. The predicted molar refractivity (Wildman–Crippen MR) is 107 cm³/mol. The summed E-state index contributed by atoms with van der Waals surface area (Å²) in [6.45, 7) is -0.117. The van der Waals surface area contributed by atoms with Crippen LogP contribution in [0.15, 0.2) is 85.2 Å². The van der Waals surface area contributed by atoms with Crippen LogP contribution in [0.4, 0.5) is 5.95 Å². The first-order valence-electron chi connectivity index (χ1n) is 8.82. The topological polar surface area (TPSA) is 80.0 Å². The molecule has 28 heavy (non-hydrogen) atoms. The number of benzene rings is 2. The van der Waals surface area contributed by atoms with Gasteiger partial charge in [-0.15, -0.1) is 0 Å². The van der Waals surface area contributed by atoms with Gasteiger partial charge in [0.2, 0.25) is 5.95 Å². The number of aliphatic hydroxyl groups is 1. The molecule has 0 fully saturated rings. The van der Waals surface area contributed by atoms with Gasteiger partial charge in [0.05, 0.1) is 12.3 Å². The van der Waals surface area contributed by atoms with Gasteiger partial charge >= 0.3 is 0 Å². The van der Waals surface area contributed by atoms with Crippen LogP contribution in [0.5, 0.6) is 0 Å². The summed E-state index contributed by atoms with van der Waals surface area (Å²) < 4.78 is 1.84. The molecule has 0 aliphatic heterocycles. The van der Waals surface area contributed by atoms with E-state index in [0.29, 0.717) is 11.5 Å². The Morgan fingerprint density at radius 2 is 1.68 bits per heavy atom. The first-order valence-corrected chi connectivity index (χ1v) is 8.82. The second-order valence-electron chi connectivity index (χ2n) is 6.19. The molecule has 0 aliphatic rings. The number of hydrogen-bond acceptors (Lipinski definition) is 4. The van der Waals surface area contributed by atoms with Crippen molar-refractivity contribution in [2.45, 2.75) is 6.61 Å². The highest BCUT2D eigenvalue weighted by Gasteiger charge is 2.15. The minimum atomic E-state index is -0.369. The smallest absolute Gasteiger partial charge is 0.276 e. The lowest BCUT2D eigenvalue weighted by Crippen LogP contribution is -2.16. The first-order chi connectivity index (χ1) is 13.7. The van der Waals surface area contributed by atoms with E-state index in [1.807, 2.05) is 71.4 Å². The molecule has 0 bridgehead atoms. The molecule has 2 aromatic carbocycles. The second kappa shape index (κ2) is 7.85. The maximum Gasteiger partial charge on any atom is 0.276 e. The molecule has 6 nitrogen and oxygen atoms in total. The Hall–Kier alpha value is -3.77. The molecular weight excluding hydrogens is 352 g/mol. The summed E-state index contributed by atoms with van der Waals surface area (Å²) in [5, 5.41) is 12.0. The number of carbonyl (C=O) groups excluding carboxylic acids is 1. The summed E-state index contributed by atoms with van der Waals surface area (Å²) in [4.78, 5) is 21.4. The Labute approximate surface area is 162 Å². The fourth-order valence-electron chi connectivity index (χ4n) is 2.82. The molecule has 0 saturated heterocycles. The number of hydrogen-bond donors (Lipinski definition) is 2. The molecule has 2 N–H and O–H groups in total. The molecule has 1 amide bonds. The average molecular weight is 370 g/mol. The predicted octanol–water partition coefficient (Wildman–Crippen LogP) is 3.68. The van der Waals surface area contributed by atoms with Crippen molar-refractivity contribution in [2.24, 2.45) is 0 Å². The highest BCUT2D eigenvalue weighted by Crippen LogP contribution is 2.24. The van der Waals surface area contributed by atoms with E-state index in [2.05, 4.69) is 15.3 Å². The zero-order valence-electron chi connectivity index (χ0n) is 15.0. The van der Waals surface area contributed by atoms with Gasteiger partial charge in [-0.1, -0.05) is 54.6 Å². The van der Waals surface area contributed by atoms with E-state index in [9.17, 15) is 4.79 Å². The fourth-order valence-corrected chi connectivity index (χ4v) is 2.82. The largest absolute Gasteiger partial charge is 0.392 e. The number of amides is 1. The molecule has 0 radical (unpaired) electrons. The molecule has 0 unspecified atom stereocenters. The number of nitrogens with one attached hydrogen (secondary N) is 1. The minimum Gasteiger partial charge on any atom is -0.392 e. The third-order valence-electron chi connectivity index (χ3n) is 4.28. The summed E-state index contributed by atoms with van der Waals surface area (Å²) in [5.41, 5.74) is 3.49. The highest BCUT2D eigenvalue weighted by molar-refractivity contribution is 6.02. The Balaban J connectivity index is 1.70. The normalized spacial score (nSPS) is 10.6. The first kappa shape index (κ1) is 17.6. The van der Waals surface area contributed by atoms with Gasteiger partial charge in [0.25, 0.3) is 5.91 Å². The number of rotatable bonds is 5. The number of para-hydroxylation sites is 1. The summed E-state index contributed by atoms with van der Waals surface area (Å²) in [6, 6.07) is 22.7. The van der Waals surface area contributed by atoms with Gasteiger partial charge in [-0.25, -0.2) is 4.98 Å². The van der Waals surface area contributed by atoms with E-state index in [0.717, 1.165) is 16.9 Å². The van der Waals surface area contributed by atoms with Crippen LogP contribution in [0, 0.1) is 0 Å². The van der Waals surface area contributed by atoms with Crippen LogP contribution < -0.4 is 5.32 Å². The van der Waals surface area contributed by atoms with Crippen molar-refractivity contribution < 1.29 is 9.90 Å². The maximum atomic E-state index is 12.7. The summed E-state index contributed by atoms with van der Waals surface area (Å²) in [6.07, 6.45) is 3.37. The Morgan fingerprint density at radius 1 is 0.964 bits per heavy atom. The standard InChI is InChI=1S/C22H18N4O2/c27-15-16-11-12-19(23-13-16)21(28)25-22-24-20(17-7-3-1-4-8-17)14-26(22)18-9-5-2-6-10-18/h1-14,27H,15H2,(H,24,25,28). The molecule has 0 aliphatic carbocycles. The zero-order valence-corrected chi connectivity index (χ0v) is 15.0. The van der Waals surface area contributed by atoms with Gasteiger partial charge in [0.15, 0.2) is 0 Å². The number of aromatic nitrogens is 3. The minimum absolute atomic E-state index is 0.117. The van der Waals surface area contributed by atoms with Crippen molar-refractivity contribution in [1.82, 2.24) is 14.5 Å². The van der Waals surface area contributed by atoms with Crippen LogP contribution >= 0.6 is 0 Å². The summed E-state index contributed by atoms with van der Waals surface area (Å²) >= 11 is 0. The Morgan fingerprint density at radius 3 is 2.32 bits per heavy atom. The van der Waals surface area contributed by atoms with Gasteiger partial charge < -0.3 is 5.11 Å². The van der Waals surface area contributed by atoms with Crippen molar-refractivity contribution >= 4 is 11.9 Å². The maximum absolute atomic E-state index is 12.7.